The molecule has 2 aliphatic rings. The molecule has 5 heteroatoms. The van der Waals surface area contributed by atoms with Crippen LogP contribution >= 0.6 is 0 Å². The fraction of sp³-hybridized carbons (Fsp3) is 0.560. The maximum Gasteiger partial charge on any atom is 0.239 e. The molecule has 0 bridgehead atoms. The van der Waals surface area contributed by atoms with Crippen LogP contribution in [0.4, 0.5) is 0 Å². The summed E-state index contributed by atoms with van der Waals surface area (Å²) in [4.78, 5) is 20.0. The number of amides is 1. The molecule has 162 valence electrons. The summed E-state index contributed by atoms with van der Waals surface area (Å²) in [5, 5.41) is 2.32. The normalized spacial score (nSPS) is 19.8. The Morgan fingerprint density at radius 3 is 2.43 bits per heavy atom. The Labute approximate surface area is 180 Å². The number of carbonyl (C=O) groups excluding carboxylic acids is 1. The molecule has 2 fully saturated rings. The van der Waals surface area contributed by atoms with Gasteiger partial charge in [0.15, 0.2) is 0 Å². The molecule has 2 aromatic rings. The molecule has 5 nitrogen and oxygen atoms in total. The summed E-state index contributed by atoms with van der Waals surface area (Å²) in [6, 6.07) is 13.2. The molecule has 0 aromatic heterocycles. The average molecular weight is 410 g/mol. The lowest BCUT2D eigenvalue weighted by atomic mass is 10.1. The predicted octanol–water partition coefficient (Wildman–Crippen LogP) is 3.76. The first kappa shape index (κ1) is 21.1. The van der Waals surface area contributed by atoms with E-state index < -0.39 is 0 Å². The van der Waals surface area contributed by atoms with Gasteiger partial charge in [-0.25, -0.2) is 0 Å². The number of piperazine rings is 1. The van der Waals surface area contributed by atoms with Crippen molar-refractivity contribution < 1.29 is 9.53 Å². The van der Waals surface area contributed by atoms with Crippen LogP contribution in [0.1, 0.15) is 38.2 Å². The second-order valence-corrected chi connectivity index (χ2v) is 8.93. The van der Waals surface area contributed by atoms with Crippen LogP contribution in [0.5, 0.6) is 5.75 Å². The first-order valence-electron chi connectivity index (χ1n) is 11.3. The molecule has 1 saturated carbocycles. The maximum atomic E-state index is 13.1. The van der Waals surface area contributed by atoms with Crippen LogP contribution in [-0.4, -0.2) is 73.0 Å². The number of carbonyl (C=O) groups is 1. The minimum absolute atomic E-state index is 0.0644. The lowest BCUT2D eigenvalue weighted by molar-refractivity contribution is -0.136. The SMILES string of the molecule is COc1ccc2cc(CN(C)C(=O)C(C)N3CCN(C4CCCC4)CC3)ccc2c1. The first-order chi connectivity index (χ1) is 14.5. The lowest BCUT2D eigenvalue weighted by Gasteiger charge is -2.40. The number of hydrogen-bond acceptors (Lipinski definition) is 4. The third kappa shape index (κ3) is 4.62. The molecule has 1 aliphatic heterocycles. The van der Waals surface area contributed by atoms with Crippen LogP contribution in [0, 0.1) is 0 Å². The summed E-state index contributed by atoms with van der Waals surface area (Å²) >= 11 is 0. The topological polar surface area (TPSA) is 36.0 Å². The Morgan fingerprint density at radius 2 is 1.73 bits per heavy atom. The van der Waals surface area contributed by atoms with Crippen molar-refractivity contribution in [2.24, 2.45) is 0 Å². The number of rotatable bonds is 6. The van der Waals surface area contributed by atoms with Gasteiger partial charge < -0.3 is 9.64 Å². The van der Waals surface area contributed by atoms with Gasteiger partial charge in [0.1, 0.15) is 5.75 Å². The molecule has 1 atom stereocenters. The van der Waals surface area contributed by atoms with Crippen LogP contribution in [0.2, 0.25) is 0 Å². The second-order valence-electron chi connectivity index (χ2n) is 8.93. The van der Waals surface area contributed by atoms with Crippen molar-refractivity contribution in [2.75, 3.05) is 40.3 Å². The van der Waals surface area contributed by atoms with Gasteiger partial charge in [0.25, 0.3) is 0 Å². The lowest BCUT2D eigenvalue weighted by Crippen LogP contribution is -2.55. The monoisotopic (exact) mass is 409 g/mol. The molecule has 0 spiro atoms. The highest BCUT2D eigenvalue weighted by Gasteiger charge is 2.30. The van der Waals surface area contributed by atoms with Crippen LogP contribution in [0.3, 0.4) is 0 Å². The predicted molar refractivity (Wildman–Crippen MR) is 122 cm³/mol. The zero-order chi connectivity index (χ0) is 21.1. The summed E-state index contributed by atoms with van der Waals surface area (Å²) in [7, 11) is 3.61. The Morgan fingerprint density at radius 1 is 1.07 bits per heavy atom. The molecule has 1 unspecified atom stereocenters. The van der Waals surface area contributed by atoms with Gasteiger partial charge in [-0.2, -0.15) is 0 Å². The maximum absolute atomic E-state index is 13.1. The molecule has 1 heterocycles. The van der Waals surface area contributed by atoms with Crippen molar-refractivity contribution in [2.45, 2.75) is 51.2 Å². The van der Waals surface area contributed by atoms with Crippen molar-refractivity contribution in [3.05, 3.63) is 42.0 Å². The zero-order valence-electron chi connectivity index (χ0n) is 18.6. The summed E-state index contributed by atoms with van der Waals surface area (Å²) < 4.78 is 5.31. The van der Waals surface area contributed by atoms with Gasteiger partial charge in [0.05, 0.1) is 13.2 Å². The van der Waals surface area contributed by atoms with E-state index in [1.165, 1.54) is 31.1 Å². The minimum Gasteiger partial charge on any atom is -0.497 e. The average Bonchev–Trinajstić information content (AvgIpc) is 3.32. The standard InChI is InChI=1S/C25H35N3O2/c1-19(27-12-14-28(15-13-27)23-6-4-5-7-23)25(29)26(2)18-20-8-9-22-17-24(30-3)11-10-21(22)16-20/h8-11,16-17,19,23H,4-7,12-15,18H2,1-3H3. The fourth-order valence-electron chi connectivity index (χ4n) is 5.08. The molecule has 1 aliphatic carbocycles. The van der Waals surface area contributed by atoms with Gasteiger partial charge in [-0.3, -0.25) is 14.6 Å². The number of ether oxygens (including phenoxy) is 1. The molecule has 4 rings (SSSR count). The number of hydrogen-bond donors (Lipinski definition) is 0. The largest absolute Gasteiger partial charge is 0.497 e. The Bertz CT molecular complexity index is 870. The number of likely N-dealkylation sites (N-methyl/N-ethyl adjacent to an activating group) is 1. The van der Waals surface area contributed by atoms with Crippen LogP contribution < -0.4 is 4.74 Å². The smallest absolute Gasteiger partial charge is 0.239 e. The number of nitrogens with zero attached hydrogens (tertiary/aromatic N) is 3. The van der Waals surface area contributed by atoms with Crippen molar-refractivity contribution >= 4 is 16.7 Å². The third-order valence-electron chi connectivity index (χ3n) is 7.00. The molecule has 2 aromatic carbocycles. The molecule has 0 radical (unpaired) electrons. The summed E-state index contributed by atoms with van der Waals surface area (Å²) in [5.74, 6) is 1.07. The Hall–Kier alpha value is -2.11. The Balaban J connectivity index is 1.33. The van der Waals surface area contributed by atoms with Crippen LogP contribution in [0.25, 0.3) is 10.8 Å². The van der Waals surface area contributed by atoms with E-state index >= 15 is 0 Å². The second kappa shape index (κ2) is 9.36. The molecule has 30 heavy (non-hydrogen) atoms. The molecular weight excluding hydrogens is 374 g/mol. The van der Waals surface area contributed by atoms with E-state index in [1.54, 1.807) is 7.11 Å². The summed E-state index contributed by atoms with van der Waals surface area (Å²) in [6.45, 7) is 6.88. The van der Waals surface area contributed by atoms with E-state index in [4.69, 9.17) is 4.74 Å². The molecule has 0 N–H and O–H groups in total. The van der Waals surface area contributed by atoms with E-state index in [9.17, 15) is 4.79 Å². The van der Waals surface area contributed by atoms with Crippen molar-refractivity contribution in [3.8, 4) is 5.75 Å². The van der Waals surface area contributed by atoms with E-state index in [1.807, 2.05) is 24.1 Å². The van der Waals surface area contributed by atoms with E-state index in [0.717, 1.165) is 48.9 Å². The molecular formula is C25H35N3O2. The highest BCUT2D eigenvalue weighted by Crippen LogP contribution is 2.25. The molecule has 1 saturated heterocycles. The van der Waals surface area contributed by atoms with Crippen molar-refractivity contribution in [3.63, 3.8) is 0 Å². The first-order valence-corrected chi connectivity index (χ1v) is 11.3. The number of fused-ring (bicyclic) bond motifs is 1. The van der Waals surface area contributed by atoms with Gasteiger partial charge in [-0.1, -0.05) is 31.0 Å². The Kier molecular flexibility index (Phi) is 6.59. The van der Waals surface area contributed by atoms with E-state index in [0.29, 0.717) is 6.54 Å². The summed E-state index contributed by atoms with van der Waals surface area (Å²) in [5.41, 5.74) is 1.15. The highest BCUT2D eigenvalue weighted by molar-refractivity contribution is 5.85. The fourth-order valence-corrected chi connectivity index (χ4v) is 5.08. The van der Waals surface area contributed by atoms with Crippen molar-refractivity contribution in [1.29, 1.82) is 0 Å². The van der Waals surface area contributed by atoms with Crippen LogP contribution in [-0.2, 0) is 11.3 Å². The number of benzene rings is 2. The van der Waals surface area contributed by atoms with E-state index in [-0.39, 0.29) is 11.9 Å². The van der Waals surface area contributed by atoms with Gasteiger partial charge in [0.2, 0.25) is 5.91 Å². The van der Waals surface area contributed by atoms with Crippen molar-refractivity contribution in [1.82, 2.24) is 14.7 Å². The third-order valence-corrected chi connectivity index (χ3v) is 7.00. The van der Waals surface area contributed by atoms with Gasteiger partial charge in [0, 0.05) is 45.8 Å². The van der Waals surface area contributed by atoms with Gasteiger partial charge in [-0.15, -0.1) is 0 Å². The van der Waals surface area contributed by atoms with Gasteiger partial charge >= 0.3 is 0 Å². The number of methoxy groups -OCH3 is 1. The van der Waals surface area contributed by atoms with Crippen LogP contribution in [0.15, 0.2) is 36.4 Å². The zero-order valence-corrected chi connectivity index (χ0v) is 18.6. The minimum atomic E-state index is -0.0644. The summed E-state index contributed by atoms with van der Waals surface area (Å²) in [6.07, 6.45) is 5.48. The van der Waals surface area contributed by atoms with E-state index in [2.05, 4.69) is 41.0 Å². The molecule has 1 amide bonds. The highest BCUT2D eigenvalue weighted by atomic mass is 16.5. The quantitative estimate of drug-likeness (QED) is 0.728. The van der Waals surface area contributed by atoms with Gasteiger partial charge in [-0.05, 0) is 54.3 Å².